The van der Waals surface area contributed by atoms with E-state index >= 15 is 0 Å². The lowest BCUT2D eigenvalue weighted by Crippen LogP contribution is -2.31. The number of thiazole rings is 1. The molecule has 2 aliphatic heterocycles. The second-order valence-electron chi connectivity index (χ2n) is 10.5. The lowest BCUT2D eigenvalue weighted by atomic mass is 9.95. The van der Waals surface area contributed by atoms with Crippen LogP contribution in [0.3, 0.4) is 0 Å². The van der Waals surface area contributed by atoms with Crippen molar-refractivity contribution in [1.29, 1.82) is 0 Å². The molecule has 0 N–H and O–H groups in total. The number of benzene rings is 3. The zero-order valence-electron chi connectivity index (χ0n) is 23.2. The number of nitrogens with zero attached hydrogens (tertiary/aromatic N) is 3. The van der Waals surface area contributed by atoms with E-state index in [1.54, 1.807) is 30.6 Å². The van der Waals surface area contributed by atoms with Crippen LogP contribution in [0.2, 0.25) is 0 Å². The summed E-state index contributed by atoms with van der Waals surface area (Å²) in [5.74, 6) is 0.864. The Balaban J connectivity index is 1.14. The monoisotopic (exact) mass is 587 g/mol. The van der Waals surface area contributed by atoms with Crippen molar-refractivity contribution in [2.24, 2.45) is 4.99 Å². The molecule has 0 radical (unpaired) electrons. The molecule has 0 saturated carbocycles. The summed E-state index contributed by atoms with van der Waals surface area (Å²) >= 11 is 1.54. The number of hydrogen-bond donors (Lipinski definition) is 0. The average molecular weight is 588 g/mol. The van der Waals surface area contributed by atoms with Crippen molar-refractivity contribution in [1.82, 2.24) is 4.98 Å². The average Bonchev–Trinajstić information content (AvgIpc) is 3.58. The van der Waals surface area contributed by atoms with Crippen molar-refractivity contribution >= 4 is 34.7 Å². The fourth-order valence-corrected chi connectivity index (χ4v) is 6.41. The lowest BCUT2D eigenvalue weighted by molar-refractivity contribution is -0.156. The van der Waals surface area contributed by atoms with E-state index in [0.717, 1.165) is 74.1 Å². The van der Waals surface area contributed by atoms with Crippen LogP contribution in [0.4, 0.5) is 18.9 Å². The van der Waals surface area contributed by atoms with Crippen LogP contribution >= 0.6 is 11.3 Å². The SMILES string of the molecule is C=C(c1ccc(C2(C(F)(F)F)C=N2)cc1)N1CCc2cc(-c3nc(CC(=O)Cc4ccc(OC)cc4)sc3C)ccc21. The first-order valence-corrected chi connectivity index (χ1v) is 14.3. The number of halogens is 3. The molecule has 6 rings (SSSR count). The van der Waals surface area contributed by atoms with Crippen LogP contribution in [0.1, 0.15) is 32.1 Å². The van der Waals surface area contributed by atoms with Crippen LogP contribution in [-0.4, -0.2) is 36.8 Å². The first-order valence-electron chi connectivity index (χ1n) is 13.5. The van der Waals surface area contributed by atoms with Gasteiger partial charge in [0.15, 0.2) is 0 Å². The molecule has 1 unspecified atom stereocenters. The largest absolute Gasteiger partial charge is 0.497 e. The van der Waals surface area contributed by atoms with Crippen molar-refractivity contribution in [3.63, 3.8) is 0 Å². The highest BCUT2D eigenvalue weighted by atomic mass is 32.1. The van der Waals surface area contributed by atoms with Crippen molar-refractivity contribution in [3.05, 3.63) is 105 Å². The molecule has 1 atom stereocenters. The number of hydrogen-bond acceptors (Lipinski definition) is 6. The van der Waals surface area contributed by atoms with Gasteiger partial charge in [-0.25, -0.2) is 4.98 Å². The van der Waals surface area contributed by atoms with Gasteiger partial charge in [0.25, 0.3) is 0 Å². The minimum absolute atomic E-state index is 0.106. The maximum atomic E-state index is 13.4. The van der Waals surface area contributed by atoms with Gasteiger partial charge in [0.2, 0.25) is 5.54 Å². The van der Waals surface area contributed by atoms with Gasteiger partial charge in [0, 0.05) is 41.0 Å². The maximum Gasteiger partial charge on any atom is 0.422 e. The topological polar surface area (TPSA) is 54.8 Å². The number of Topliss-reactive ketones (excluding diaryl/α,β-unsaturated/α-hetero) is 1. The number of methoxy groups -OCH3 is 1. The van der Waals surface area contributed by atoms with Gasteiger partial charge in [-0.15, -0.1) is 11.3 Å². The highest BCUT2D eigenvalue weighted by Crippen LogP contribution is 2.48. The number of aromatic nitrogens is 1. The minimum Gasteiger partial charge on any atom is -0.497 e. The highest BCUT2D eigenvalue weighted by molar-refractivity contribution is 7.12. The molecule has 0 amide bonds. The summed E-state index contributed by atoms with van der Waals surface area (Å²) in [7, 11) is 1.61. The summed E-state index contributed by atoms with van der Waals surface area (Å²) in [6.45, 7) is 6.99. The Morgan fingerprint density at radius 2 is 1.79 bits per heavy atom. The van der Waals surface area contributed by atoms with Gasteiger partial charge >= 0.3 is 6.18 Å². The second-order valence-corrected chi connectivity index (χ2v) is 11.8. The molecule has 3 aromatic carbocycles. The molecular weight excluding hydrogens is 559 g/mol. The van der Waals surface area contributed by atoms with Crippen LogP contribution in [0, 0.1) is 6.92 Å². The van der Waals surface area contributed by atoms with Crippen LogP contribution in [0.15, 0.2) is 78.3 Å². The quantitative estimate of drug-likeness (QED) is 0.205. The molecule has 0 spiro atoms. The molecule has 0 bridgehead atoms. The van der Waals surface area contributed by atoms with Gasteiger partial charge in [-0.3, -0.25) is 9.79 Å². The number of rotatable bonds is 9. The van der Waals surface area contributed by atoms with E-state index < -0.39 is 11.7 Å². The van der Waals surface area contributed by atoms with Crippen molar-refractivity contribution < 1.29 is 22.7 Å². The zero-order chi connectivity index (χ0) is 29.6. The number of aryl methyl sites for hydroxylation is 1. The first-order chi connectivity index (χ1) is 20.1. The Bertz CT molecular complexity index is 1700. The summed E-state index contributed by atoms with van der Waals surface area (Å²) in [6.07, 6.45) is -2.07. The van der Waals surface area contributed by atoms with E-state index in [-0.39, 0.29) is 17.8 Å². The Morgan fingerprint density at radius 3 is 2.43 bits per heavy atom. The zero-order valence-corrected chi connectivity index (χ0v) is 24.0. The van der Waals surface area contributed by atoms with Gasteiger partial charge in [0.05, 0.1) is 19.2 Å². The summed E-state index contributed by atoms with van der Waals surface area (Å²) in [5, 5.41) is 0.795. The molecule has 42 heavy (non-hydrogen) atoms. The maximum absolute atomic E-state index is 13.4. The van der Waals surface area contributed by atoms with E-state index in [1.165, 1.54) is 12.1 Å². The normalized spacial score (nSPS) is 17.3. The van der Waals surface area contributed by atoms with E-state index in [9.17, 15) is 18.0 Å². The fraction of sp³-hybridized carbons (Fsp3) is 0.242. The Hall–Kier alpha value is -4.24. The van der Waals surface area contributed by atoms with E-state index in [0.29, 0.717) is 6.42 Å². The third-order valence-electron chi connectivity index (χ3n) is 7.80. The Morgan fingerprint density at radius 1 is 1.07 bits per heavy atom. The summed E-state index contributed by atoms with van der Waals surface area (Å²) in [4.78, 5) is 24.2. The van der Waals surface area contributed by atoms with Crippen molar-refractivity contribution in [2.45, 2.75) is 37.9 Å². The predicted molar refractivity (Wildman–Crippen MR) is 160 cm³/mol. The van der Waals surface area contributed by atoms with E-state index in [4.69, 9.17) is 9.72 Å². The third-order valence-corrected chi connectivity index (χ3v) is 8.77. The molecule has 0 saturated heterocycles. The number of carbonyl (C=O) groups is 1. The lowest BCUT2D eigenvalue weighted by Gasteiger charge is -2.23. The smallest absolute Gasteiger partial charge is 0.422 e. The summed E-state index contributed by atoms with van der Waals surface area (Å²) in [6, 6.07) is 20.0. The van der Waals surface area contributed by atoms with Gasteiger partial charge in [-0.2, -0.15) is 13.2 Å². The molecule has 1 aromatic heterocycles. The number of anilines is 1. The molecule has 3 heterocycles. The number of ether oxygens (including phenoxy) is 1. The highest BCUT2D eigenvalue weighted by Gasteiger charge is 2.61. The van der Waals surface area contributed by atoms with Gasteiger partial charge in [0.1, 0.15) is 16.5 Å². The molecule has 0 fully saturated rings. The molecule has 2 aliphatic rings. The fourth-order valence-electron chi connectivity index (χ4n) is 5.42. The molecule has 214 valence electrons. The van der Waals surface area contributed by atoms with Crippen molar-refractivity contribution in [3.8, 4) is 17.0 Å². The number of fused-ring (bicyclic) bond motifs is 1. The molecular formula is C33H28F3N3O2S. The second kappa shape index (κ2) is 10.5. The number of alkyl halides is 3. The van der Waals surface area contributed by atoms with Crippen LogP contribution in [0.25, 0.3) is 17.0 Å². The summed E-state index contributed by atoms with van der Waals surface area (Å²) < 4.78 is 45.4. The number of aliphatic imine (C=N–C) groups is 1. The third kappa shape index (κ3) is 5.13. The molecule has 0 aliphatic carbocycles. The van der Waals surface area contributed by atoms with Crippen LogP contribution in [0.5, 0.6) is 5.75 Å². The minimum atomic E-state index is -4.44. The first kappa shape index (κ1) is 27.9. The Kier molecular flexibility index (Phi) is 7.01. The Labute approximate surface area is 246 Å². The predicted octanol–water partition coefficient (Wildman–Crippen LogP) is 7.36. The number of carbonyl (C=O) groups excluding carboxylic acids is 1. The van der Waals surface area contributed by atoms with Gasteiger partial charge in [-0.1, -0.05) is 49.0 Å². The van der Waals surface area contributed by atoms with E-state index in [2.05, 4.69) is 22.5 Å². The van der Waals surface area contributed by atoms with Gasteiger partial charge in [-0.05, 0) is 59.9 Å². The van der Waals surface area contributed by atoms with Gasteiger partial charge < -0.3 is 9.64 Å². The number of ketones is 1. The van der Waals surface area contributed by atoms with Crippen molar-refractivity contribution in [2.75, 3.05) is 18.6 Å². The molecule has 9 heteroatoms. The molecule has 5 nitrogen and oxygen atoms in total. The standard InChI is InChI=1S/C33H28F3N3O2S/c1-20(23-6-9-26(10-7-23)32(19-37-32)33(34,35)36)39-15-14-24-17-25(8-13-29(24)39)31-21(2)42-30(38-31)18-27(40)16-22-4-11-28(41-3)12-5-22/h4-13,17,19H,1,14-16,18H2,2-3H3. The summed E-state index contributed by atoms with van der Waals surface area (Å²) in [5.41, 5.74) is 4.40. The van der Waals surface area contributed by atoms with Crippen LogP contribution < -0.4 is 9.64 Å². The van der Waals surface area contributed by atoms with Crippen LogP contribution in [-0.2, 0) is 29.6 Å². The molecule has 4 aromatic rings. The van der Waals surface area contributed by atoms with E-state index in [1.807, 2.05) is 43.3 Å².